The van der Waals surface area contributed by atoms with Crippen molar-refractivity contribution in [1.82, 2.24) is 10.7 Å². The molecule has 3 rings (SSSR count). The van der Waals surface area contributed by atoms with Crippen LogP contribution in [0.5, 0.6) is 0 Å². The highest BCUT2D eigenvalue weighted by Crippen LogP contribution is 2.30. The van der Waals surface area contributed by atoms with Gasteiger partial charge < -0.3 is 14.2 Å². The molecule has 138 valence electrons. The number of hydrogen-bond donors (Lipinski definition) is 2. The van der Waals surface area contributed by atoms with Gasteiger partial charge in [0.25, 0.3) is 5.91 Å². The Morgan fingerprint density at radius 2 is 2.12 bits per heavy atom. The summed E-state index contributed by atoms with van der Waals surface area (Å²) in [6.45, 7) is 5.81. The smallest absolute Gasteiger partial charge is 0.307 e. The second-order valence-corrected chi connectivity index (χ2v) is 6.47. The van der Waals surface area contributed by atoms with Crippen LogP contribution in [0, 0.1) is 6.92 Å². The number of carbonyl (C=O) groups is 2. The first-order valence-corrected chi connectivity index (χ1v) is 8.85. The van der Waals surface area contributed by atoms with Crippen molar-refractivity contribution < 1.29 is 18.4 Å². The van der Waals surface area contributed by atoms with Gasteiger partial charge in [0.2, 0.25) is 0 Å². The van der Waals surface area contributed by atoms with E-state index in [0.29, 0.717) is 12.2 Å². The molecule has 1 aliphatic rings. The highest BCUT2D eigenvalue weighted by Gasteiger charge is 2.28. The molecule has 26 heavy (non-hydrogen) atoms. The number of amides is 2. The van der Waals surface area contributed by atoms with Gasteiger partial charge in [0, 0.05) is 23.6 Å². The molecule has 7 nitrogen and oxygen atoms in total. The van der Waals surface area contributed by atoms with Crippen LogP contribution in [0.15, 0.2) is 32.3 Å². The first-order valence-electron chi connectivity index (χ1n) is 8.85. The monoisotopic (exact) mass is 357 g/mol. The standard InChI is InChI=1S/C19H23N3O4/c1-4-11(2)20-19(24)17-12(3)16-13(7-5-8-14(16)26-17)21-22-18(23)15-9-6-10-25-15/h6,9-11H,4-5,7-8H2,1-3H3,(H,20,24)(H,22,23)/b21-13+. The van der Waals surface area contributed by atoms with Crippen LogP contribution in [0.1, 0.15) is 71.1 Å². The third-order valence-corrected chi connectivity index (χ3v) is 4.56. The summed E-state index contributed by atoms with van der Waals surface area (Å²) in [6.07, 6.45) is 4.58. The molecular weight excluding hydrogens is 334 g/mol. The van der Waals surface area contributed by atoms with Crippen LogP contribution < -0.4 is 10.7 Å². The number of carbonyl (C=O) groups excluding carboxylic acids is 2. The molecule has 1 unspecified atom stereocenters. The normalized spacial score (nSPS) is 16.2. The lowest BCUT2D eigenvalue weighted by molar-refractivity contribution is 0.0906. The van der Waals surface area contributed by atoms with Crippen molar-refractivity contribution in [2.24, 2.45) is 5.10 Å². The number of hydrogen-bond acceptors (Lipinski definition) is 5. The van der Waals surface area contributed by atoms with Crippen LogP contribution in [0.4, 0.5) is 0 Å². The van der Waals surface area contributed by atoms with Crippen LogP contribution >= 0.6 is 0 Å². The fourth-order valence-corrected chi connectivity index (χ4v) is 2.97. The molecule has 2 aromatic rings. The molecule has 2 N–H and O–H groups in total. The first kappa shape index (κ1) is 18.0. The van der Waals surface area contributed by atoms with Crippen LogP contribution in [-0.4, -0.2) is 23.6 Å². The Labute approximate surface area is 151 Å². The SMILES string of the molecule is CCC(C)NC(=O)c1oc2c(c1C)/C(=N/NC(=O)c1ccco1)CCC2. The van der Waals surface area contributed by atoms with E-state index in [0.717, 1.165) is 41.9 Å². The van der Waals surface area contributed by atoms with Gasteiger partial charge in [0.05, 0.1) is 12.0 Å². The number of nitrogens with one attached hydrogen (secondary N) is 2. The van der Waals surface area contributed by atoms with E-state index < -0.39 is 5.91 Å². The van der Waals surface area contributed by atoms with Crippen LogP contribution in [0.2, 0.25) is 0 Å². The fourth-order valence-electron chi connectivity index (χ4n) is 2.97. The fraction of sp³-hybridized carbons (Fsp3) is 0.421. The minimum atomic E-state index is -0.412. The molecule has 0 radical (unpaired) electrons. The summed E-state index contributed by atoms with van der Waals surface area (Å²) in [4.78, 5) is 24.5. The maximum absolute atomic E-state index is 12.5. The molecule has 0 aliphatic heterocycles. The van der Waals surface area contributed by atoms with Gasteiger partial charge in [0.15, 0.2) is 11.5 Å². The molecule has 1 atom stereocenters. The quantitative estimate of drug-likeness (QED) is 0.803. The highest BCUT2D eigenvalue weighted by molar-refractivity contribution is 6.07. The van der Waals surface area contributed by atoms with E-state index in [1.165, 1.54) is 6.26 Å². The van der Waals surface area contributed by atoms with Crippen molar-refractivity contribution in [2.45, 2.75) is 52.5 Å². The summed E-state index contributed by atoms with van der Waals surface area (Å²) in [6, 6.07) is 3.29. The van der Waals surface area contributed by atoms with E-state index in [9.17, 15) is 9.59 Å². The van der Waals surface area contributed by atoms with Gasteiger partial charge in [-0.1, -0.05) is 6.92 Å². The lowest BCUT2D eigenvalue weighted by atomic mass is 9.93. The molecule has 2 aromatic heterocycles. The number of aryl methyl sites for hydroxylation is 1. The Morgan fingerprint density at radius 3 is 2.81 bits per heavy atom. The summed E-state index contributed by atoms with van der Waals surface area (Å²) >= 11 is 0. The third-order valence-electron chi connectivity index (χ3n) is 4.56. The largest absolute Gasteiger partial charge is 0.459 e. The zero-order valence-corrected chi connectivity index (χ0v) is 15.2. The molecule has 1 aliphatic carbocycles. The molecule has 0 bridgehead atoms. The predicted molar refractivity (Wildman–Crippen MR) is 96.3 cm³/mol. The first-order chi connectivity index (χ1) is 12.5. The lowest BCUT2D eigenvalue weighted by Crippen LogP contribution is -2.32. The molecule has 7 heteroatoms. The molecule has 2 heterocycles. The number of fused-ring (bicyclic) bond motifs is 1. The minimum Gasteiger partial charge on any atom is -0.459 e. The Hall–Kier alpha value is -2.83. The highest BCUT2D eigenvalue weighted by atomic mass is 16.4. The van der Waals surface area contributed by atoms with E-state index >= 15 is 0 Å². The van der Waals surface area contributed by atoms with Crippen molar-refractivity contribution in [2.75, 3.05) is 0 Å². The van der Waals surface area contributed by atoms with E-state index in [1.54, 1.807) is 12.1 Å². The van der Waals surface area contributed by atoms with E-state index in [2.05, 4.69) is 15.8 Å². The Balaban J connectivity index is 1.84. The molecule has 0 spiro atoms. The van der Waals surface area contributed by atoms with Crippen LogP contribution in [-0.2, 0) is 6.42 Å². The van der Waals surface area contributed by atoms with E-state index in [1.807, 2.05) is 20.8 Å². The Kier molecular flexibility index (Phi) is 5.25. The topological polar surface area (TPSA) is 96.8 Å². The average Bonchev–Trinajstić information content (AvgIpc) is 3.28. The van der Waals surface area contributed by atoms with Crippen molar-refractivity contribution in [3.8, 4) is 0 Å². The van der Waals surface area contributed by atoms with Crippen molar-refractivity contribution in [1.29, 1.82) is 0 Å². The zero-order chi connectivity index (χ0) is 18.7. The van der Waals surface area contributed by atoms with Gasteiger partial charge in [-0.15, -0.1) is 0 Å². The summed E-state index contributed by atoms with van der Waals surface area (Å²) in [7, 11) is 0. The van der Waals surface area contributed by atoms with Crippen molar-refractivity contribution in [3.63, 3.8) is 0 Å². The van der Waals surface area contributed by atoms with Gasteiger partial charge in [-0.25, -0.2) is 5.43 Å². The average molecular weight is 357 g/mol. The van der Waals surface area contributed by atoms with Crippen LogP contribution in [0.3, 0.4) is 0 Å². The summed E-state index contributed by atoms with van der Waals surface area (Å²) < 4.78 is 10.9. The second-order valence-electron chi connectivity index (χ2n) is 6.47. The van der Waals surface area contributed by atoms with Gasteiger partial charge in [-0.2, -0.15) is 5.10 Å². The zero-order valence-electron chi connectivity index (χ0n) is 15.2. The Morgan fingerprint density at radius 1 is 1.31 bits per heavy atom. The number of nitrogens with zero attached hydrogens (tertiary/aromatic N) is 1. The molecule has 0 fully saturated rings. The molecule has 2 amide bonds. The van der Waals surface area contributed by atoms with Gasteiger partial charge in [0.1, 0.15) is 5.76 Å². The molecule has 0 saturated carbocycles. The number of hydrazone groups is 1. The molecular formula is C19H23N3O4. The predicted octanol–water partition coefficient (Wildman–Crippen LogP) is 3.18. The lowest BCUT2D eigenvalue weighted by Gasteiger charge is -2.13. The van der Waals surface area contributed by atoms with Gasteiger partial charge in [-0.3, -0.25) is 9.59 Å². The number of rotatable bonds is 5. The second kappa shape index (κ2) is 7.59. The van der Waals surface area contributed by atoms with Gasteiger partial charge in [-0.05, 0) is 45.2 Å². The maximum Gasteiger partial charge on any atom is 0.307 e. The van der Waals surface area contributed by atoms with Crippen molar-refractivity contribution in [3.05, 3.63) is 46.8 Å². The molecule has 0 saturated heterocycles. The Bertz CT molecular complexity index is 833. The van der Waals surface area contributed by atoms with E-state index in [-0.39, 0.29) is 17.7 Å². The number of furan rings is 2. The summed E-state index contributed by atoms with van der Waals surface area (Å²) in [5.74, 6) is 0.634. The van der Waals surface area contributed by atoms with Crippen molar-refractivity contribution >= 4 is 17.5 Å². The summed E-state index contributed by atoms with van der Waals surface area (Å²) in [5.41, 5.74) is 4.81. The maximum atomic E-state index is 12.5. The van der Waals surface area contributed by atoms with Gasteiger partial charge >= 0.3 is 5.91 Å². The minimum absolute atomic E-state index is 0.0738. The van der Waals surface area contributed by atoms with E-state index in [4.69, 9.17) is 8.83 Å². The van der Waals surface area contributed by atoms with Crippen LogP contribution in [0.25, 0.3) is 0 Å². The summed E-state index contributed by atoms with van der Waals surface area (Å²) in [5, 5.41) is 7.18. The molecule has 0 aromatic carbocycles. The third kappa shape index (κ3) is 3.56.